The Bertz CT molecular complexity index is 283. The molecule has 0 aliphatic heterocycles. The van der Waals surface area contributed by atoms with Crippen LogP contribution in [0.15, 0.2) is 18.3 Å². The summed E-state index contributed by atoms with van der Waals surface area (Å²) in [6, 6.07) is 3.59. The zero-order valence-corrected chi connectivity index (χ0v) is 6.93. The van der Waals surface area contributed by atoms with Gasteiger partial charge in [-0.2, -0.15) is 0 Å². The van der Waals surface area contributed by atoms with Crippen LogP contribution >= 0.6 is 12.6 Å². The standard InChI is InChI=1S/C8H7NOS/c1-10-8-3-2-7(4-5-11)9-6-8/h2-3,6,11H,1H3. The maximum Gasteiger partial charge on any atom is 0.137 e. The maximum atomic E-state index is 4.92. The molecule has 0 aliphatic rings. The molecule has 2 nitrogen and oxygen atoms in total. The Kier molecular flexibility index (Phi) is 2.82. The second-order valence-electron chi connectivity index (χ2n) is 1.82. The number of nitrogens with zero attached hydrogens (tertiary/aromatic N) is 1. The summed E-state index contributed by atoms with van der Waals surface area (Å²) in [5.41, 5.74) is 0.695. The largest absolute Gasteiger partial charge is 0.495 e. The van der Waals surface area contributed by atoms with E-state index >= 15 is 0 Å². The summed E-state index contributed by atoms with van der Waals surface area (Å²) in [6.45, 7) is 0. The number of ether oxygens (including phenoxy) is 1. The molecule has 0 spiro atoms. The molecule has 0 fully saturated rings. The van der Waals surface area contributed by atoms with Gasteiger partial charge in [0.05, 0.1) is 13.3 Å². The Balaban J connectivity index is 2.88. The number of aromatic nitrogens is 1. The molecule has 0 aromatic carbocycles. The van der Waals surface area contributed by atoms with Crippen molar-refractivity contribution in [3.8, 4) is 16.9 Å². The SMILES string of the molecule is COc1ccc(C#CS)nc1. The van der Waals surface area contributed by atoms with Crippen molar-refractivity contribution in [2.45, 2.75) is 0 Å². The molecule has 3 heteroatoms. The highest BCUT2D eigenvalue weighted by atomic mass is 32.1. The van der Waals surface area contributed by atoms with E-state index in [9.17, 15) is 0 Å². The van der Waals surface area contributed by atoms with Gasteiger partial charge < -0.3 is 4.74 Å². The van der Waals surface area contributed by atoms with E-state index in [1.165, 1.54) is 0 Å². The van der Waals surface area contributed by atoms with Gasteiger partial charge in [-0.3, -0.25) is 0 Å². The lowest BCUT2D eigenvalue weighted by molar-refractivity contribution is 0.413. The van der Waals surface area contributed by atoms with Crippen LogP contribution in [0, 0.1) is 11.2 Å². The quantitative estimate of drug-likeness (QED) is 0.501. The number of pyridine rings is 1. The number of thiol groups is 1. The van der Waals surface area contributed by atoms with E-state index < -0.39 is 0 Å². The molecular weight excluding hydrogens is 158 g/mol. The zero-order valence-electron chi connectivity index (χ0n) is 6.03. The first-order chi connectivity index (χ1) is 5.36. The Labute approximate surface area is 71.0 Å². The molecule has 0 radical (unpaired) electrons. The van der Waals surface area contributed by atoms with Crippen molar-refractivity contribution in [1.29, 1.82) is 0 Å². The lowest BCUT2D eigenvalue weighted by Gasteiger charge is -1.96. The van der Waals surface area contributed by atoms with Gasteiger partial charge in [-0.15, -0.1) is 0 Å². The molecule has 1 aromatic rings. The van der Waals surface area contributed by atoms with Crippen molar-refractivity contribution >= 4 is 12.6 Å². The molecule has 0 saturated carbocycles. The summed E-state index contributed by atoms with van der Waals surface area (Å²) >= 11 is 3.75. The van der Waals surface area contributed by atoms with E-state index in [1.807, 2.05) is 0 Å². The van der Waals surface area contributed by atoms with Crippen molar-refractivity contribution in [3.05, 3.63) is 24.0 Å². The Morgan fingerprint density at radius 2 is 2.36 bits per heavy atom. The molecule has 56 valence electrons. The van der Waals surface area contributed by atoms with Crippen LogP contribution < -0.4 is 4.74 Å². The third-order valence-electron chi connectivity index (χ3n) is 1.16. The molecule has 1 aromatic heterocycles. The number of methoxy groups -OCH3 is 1. The Hall–Kier alpha value is -1.14. The van der Waals surface area contributed by atoms with Gasteiger partial charge >= 0.3 is 0 Å². The third-order valence-corrected chi connectivity index (χ3v) is 1.27. The first-order valence-electron chi connectivity index (χ1n) is 3.02. The number of rotatable bonds is 1. The first kappa shape index (κ1) is 7.96. The highest BCUT2D eigenvalue weighted by Crippen LogP contribution is 2.06. The monoisotopic (exact) mass is 165 g/mol. The molecule has 11 heavy (non-hydrogen) atoms. The fraction of sp³-hybridized carbons (Fsp3) is 0.125. The van der Waals surface area contributed by atoms with Gasteiger partial charge in [0.25, 0.3) is 0 Å². The van der Waals surface area contributed by atoms with Crippen LogP contribution in [0.2, 0.25) is 0 Å². The van der Waals surface area contributed by atoms with Crippen molar-refractivity contribution in [1.82, 2.24) is 4.98 Å². The molecule has 1 rings (SSSR count). The van der Waals surface area contributed by atoms with E-state index in [4.69, 9.17) is 4.74 Å². The zero-order chi connectivity index (χ0) is 8.10. The summed E-state index contributed by atoms with van der Waals surface area (Å²) in [4.78, 5) is 3.99. The van der Waals surface area contributed by atoms with Gasteiger partial charge in [0.2, 0.25) is 0 Å². The fourth-order valence-electron chi connectivity index (χ4n) is 0.632. The first-order valence-corrected chi connectivity index (χ1v) is 3.46. The molecule has 0 bridgehead atoms. The minimum atomic E-state index is 0.695. The summed E-state index contributed by atoms with van der Waals surface area (Å²) in [5, 5.41) is 2.46. The maximum absolute atomic E-state index is 4.92. The van der Waals surface area contributed by atoms with Crippen LogP contribution in [0.3, 0.4) is 0 Å². The number of hydrogen-bond acceptors (Lipinski definition) is 3. The van der Waals surface area contributed by atoms with Crippen LogP contribution in [0.25, 0.3) is 0 Å². The van der Waals surface area contributed by atoms with Gasteiger partial charge in [-0.1, -0.05) is 12.6 Å². The van der Waals surface area contributed by atoms with Gasteiger partial charge in [-0.05, 0) is 23.3 Å². The second kappa shape index (κ2) is 3.89. The molecule has 0 unspecified atom stereocenters. The molecular formula is C8H7NOS. The van der Waals surface area contributed by atoms with Crippen molar-refractivity contribution in [3.63, 3.8) is 0 Å². The lowest BCUT2D eigenvalue weighted by Crippen LogP contribution is -1.85. The van der Waals surface area contributed by atoms with Crippen LogP contribution in [0.4, 0.5) is 0 Å². The summed E-state index contributed by atoms with van der Waals surface area (Å²) < 4.78 is 4.92. The van der Waals surface area contributed by atoms with E-state index in [0.717, 1.165) is 5.75 Å². The Morgan fingerprint density at radius 1 is 1.55 bits per heavy atom. The summed E-state index contributed by atoms with van der Waals surface area (Å²) in [6.07, 6.45) is 1.62. The van der Waals surface area contributed by atoms with Gasteiger partial charge in [0.15, 0.2) is 0 Å². The number of hydrogen-bond donors (Lipinski definition) is 1. The molecule has 0 N–H and O–H groups in total. The predicted octanol–water partition coefficient (Wildman–Crippen LogP) is 1.33. The molecule has 1 heterocycles. The second-order valence-corrected chi connectivity index (χ2v) is 2.04. The van der Waals surface area contributed by atoms with E-state index in [1.54, 1.807) is 25.4 Å². The predicted molar refractivity (Wildman–Crippen MR) is 46.7 cm³/mol. The highest BCUT2D eigenvalue weighted by Gasteiger charge is 1.89. The smallest absolute Gasteiger partial charge is 0.137 e. The van der Waals surface area contributed by atoms with Gasteiger partial charge in [0.1, 0.15) is 11.4 Å². The van der Waals surface area contributed by atoms with Gasteiger partial charge in [-0.25, -0.2) is 4.98 Å². The highest BCUT2D eigenvalue weighted by molar-refractivity contribution is 7.85. The van der Waals surface area contributed by atoms with Crippen LogP contribution in [-0.2, 0) is 0 Å². The van der Waals surface area contributed by atoms with Gasteiger partial charge in [0, 0.05) is 0 Å². The van der Waals surface area contributed by atoms with Crippen LogP contribution in [0.5, 0.6) is 5.75 Å². The van der Waals surface area contributed by atoms with Crippen molar-refractivity contribution in [2.24, 2.45) is 0 Å². The van der Waals surface area contributed by atoms with E-state index in [0.29, 0.717) is 5.69 Å². The lowest BCUT2D eigenvalue weighted by atomic mass is 10.3. The average molecular weight is 165 g/mol. The topological polar surface area (TPSA) is 22.1 Å². The minimum absolute atomic E-state index is 0.695. The minimum Gasteiger partial charge on any atom is -0.495 e. The summed E-state index contributed by atoms with van der Waals surface area (Å²) in [7, 11) is 1.60. The van der Waals surface area contributed by atoms with E-state index in [-0.39, 0.29) is 0 Å². The Morgan fingerprint density at radius 3 is 2.82 bits per heavy atom. The molecule has 0 atom stereocenters. The van der Waals surface area contributed by atoms with E-state index in [2.05, 4.69) is 28.8 Å². The van der Waals surface area contributed by atoms with Crippen molar-refractivity contribution in [2.75, 3.05) is 7.11 Å². The molecule has 0 saturated heterocycles. The van der Waals surface area contributed by atoms with Crippen LogP contribution in [-0.4, -0.2) is 12.1 Å². The van der Waals surface area contributed by atoms with Crippen molar-refractivity contribution < 1.29 is 4.74 Å². The summed E-state index contributed by atoms with van der Waals surface area (Å²) in [5.74, 6) is 3.44. The third kappa shape index (κ3) is 2.17. The van der Waals surface area contributed by atoms with Crippen LogP contribution in [0.1, 0.15) is 5.69 Å². The normalized spacial score (nSPS) is 8.18. The molecule has 0 aliphatic carbocycles. The average Bonchev–Trinajstić information content (AvgIpc) is 2.07. The molecule has 0 amide bonds. The fourth-order valence-corrected chi connectivity index (χ4v) is 0.747.